The molecule has 1 saturated carbocycles. The lowest BCUT2D eigenvalue weighted by molar-refractivity contribution is -0.220. The summed E-state index contributed by atoms with van der Waals surface area (Å²) >= 11 is 0. The molecule has 1 fully saturated rings. The molecule has 0 bridgehead atoms. The Morgan fingerprint density at radius 3 is 1.58 bits per heavy atom. The van der Waals surface area contributed by atoms with Crippen LogP contribution in [0.1, 0.15) is 142 Å². The molecule has 0 aromatic carbocycles. The van der Waals surface area contributed by atoms with Crippen LogP contribution in [-0.2, 0) is 32.7 Å². The van der Waals surface area contributed by atoms with Crippen molar-refractivity contribution in [2.45, 2.75) is 197 Å². The van der Waals surface area contributed by atoms with Gasteiger partial charge in [-0.25, -0.2) is 4.57 Å². The maximum Gasteiger partial charge on any atom is 0.472 e. The van der Waals surface area contributed by atoms with Crippen LogP contribution in [0.4, 0.5) is 0 Å². The summed E-state index contributed by atoms with van der Waals surface area (Å²) in [5, 5.41) is 71.0. The standard InChI is InChI=1S/C49H81O15P/c1-3-5-7-9-11-13-15-17-18-19-20-21-23-25-27-29-31-35-42(52)61-37-39(38-62-65(59,60)64-49-47(57)45(55)44(54)46(56)48(49)58)63-43(53)36-32-34-41(51)40(50)33-30-28-26-24-22-16-14-12-10-8-6-4-2/h5,7,11-14,17-18,20-22,24,28,30,39-41,44-51,54-58H,3-4,6,8-10,15-16,19,23,25-27,29,31-38H2,1-2H3,(H,59,60)/b7-5-,13-11-,14-12-,18-17-,21-20-,24-22-,30-28-/t39-,40?,41?,44?,45-,46+,47-,48-,49?/m1/s1. The summed E-state index contributed by atoms with van der Waals surface area (Å²) in [5.41, 5.74) is 0. The van der Waals surface area contributed by atoms with E-state index in [4.69, 9.17) is 18.5 Å². The fourth-order valence-electron chi connectivity index (χ4n) is 6.50. The van der Waals surface area contributed by atoms with E-state index < -0.39 is 87.9 Å². The third-order valence-corrected chi connectivity index (χ3v) is 11.4. The smallest absolute Gasteiger partial charge is 0.462 e. The van der Waals surface area contributed by atoms with Crippen LogP contribution in [0.15, 0.2) is 85.1 Å². The summed E-state index contributed by atoms with van der Waals surface area (Å²) in [5.74, 6) is -1.42. The van der Waals surface area contributed by atoms with Crippen LogP contribution < -0.4 is 0 Å². The molecule has 0 spiro atoms. The minimum atomic E-state index is -5.21. The molecule has 0 aromatic heterocycles. The average Bonchev–Trinajstić information content (AvgIpc) is 3.28. The van der Waals surface area contributed by atoms with Crippen molar-refractivity contribution >= 4 is 19.8 Å². The normalized spacial score (nSPS) is 23.2. The lowest BCUT2D eigenvalue weighted by atomic mass is 9.85. The van der Waals surface area contributed by atoms with Crippen molar-refractivity contribution in [3.63, 3.8) is 0 Å². The minimum Gasteiger partial charge on any atom is -0.462 e. The van der Waals surface area contributed by atoms with Crippen LogP contribution in [0.2, 0.25) is 0 Å². The zero-order chi connectivity index (χ0) is 48.1. The van der Waals surface area contributed by atoms with Crippen LogP contribution in [0.5, 0.6) is 0 Å². The quantitative estimate of drug-likeness (QED) is 0.0133. The largest absolute Gasteiger partial charge is 0.472 e. The molecule has 0 aliphatic heterocycles. The number of ether oxygens (including phenoxy) is 2. The molecule has 372 valence electrons. The summed E-state index contributed by atoms with van der Waals surface area (Å²) in [6, 6.07) is 0. The van der Waals surface area contributed by atoms with Gasteiger partial charge in [0.25, 0.3) is 0 Å². The van der Waals surface area contributed by atoms with Crippen LogP contribution in [0.25, 0.3) is 0 Å². The third-order valence-electron chi connectivity index (χ3n) is 10.4. The van der Waals surface area contributed by atoms with Crippen molar-refractivity contribution in [2.24, 2.45) is 0 Å². The van der Waals surface area contributed by atoms with Crippen LogP contribution >= 0.6 is 7.82 Å². The maximum absolute atomic E-state index is 12.8. The van der Waals surface area contributed by atoms with Crippen LogP contribution in [0.3, 0.4) is 0 Å². The highest BCUT2D eigenvalue weighted by Crippen LogP contribution is 2.47. The molecule has 0 amide bonds. The maximum atomic E-state index is 12.8. The zero-order valence-electron chi connectivity index (χ0n) is 38.7. The zero-order valence-corrected chi connectivity index (χ0v) is 39.6. The highest BCUT2D eigenvalue weighted by Gasteiger charge is 2.51. The molecule has 5 unspecified atom stereocenters. The Hall–Kier alpha value is -3.05. The Morgan fingerprint density at radius 1 is 0.554 bits per heavy atom. The summed E-state index contributed by atoms with van der Waals surface area (Å²) < 4.78 is 33.3. The summed E-state index contributed by atoms with van der Waals surface area (Å²) in [4.78, 5) is 35.8. The van der Waals surface area contributed by atoms with E-state index in [0.717, 1.165) is 64.2 Å². The van der Waals surface area contributed by atoms with Crippen LogP contribution in [0, 0.1) is 0 Å². The number of unbranched alkanes of at least 4 members (excludes halogenated alkanes) is 7. The monoisotopic (exact) mass is 941 g/mol. The number of esters is 2. The Morgan fingerprint density at radius 2 is 1.03 bits per heavy atom. The topological polar surface area (TPSA) is 250 Å². The number of rotatable bonds is 37. The fraction of sp³-hybridized carbons (Fsp3) is 0.673. The second kappa shape index (κ2) is 38.0. The first-order chi connectivity index (χ1) is 31.2. The minimum absolute atomic E-state index is 0.0618. The van der Waals surface area contributed by atoms with E-state index in [1.165, 1.54) is 19.3 Å². The summed E-state index contributed by atoms with van der Waals surface area (Å²) in [6.45, 7) is 2.88. The number of aliphatic hydroxyl groups excluding tert-OH is 7. The van der Waals surface area contributed by atoms with Gasteiger partial charge in [0.1, 0.15) is 43.2 Å². The molecule has 1 aliphatic rings. The highest BCUT2D eigenvalue weighted by molar-refractivity contribution is 7.47. The van der Waals surface area contributed by atoms with Gasteiger partial charge >= 0.3 is 19.8 Å². The first-order valence-electron chi connectivity index (χ1n) is 23.6. The highest BCUT2D eigenvalue weighted by atomic mass is 31.2. The first kappa shape index (κ1) is 60.0. The third kappa shape index (κ3) is 30.1. The van der Waals surface area contributed by atoms with E-state index in [2.05, 4.69) is 80.7 Å². The number of allylic oxidation sites excluding steroid dienone is 13. The van der Waals surface area contributed by atoms with Crippen molar-refractivity contribution < 1.29 is 73.3 Å². The van der Waals surface area contributed by atoms with Gasteiger partial charge in [-0.15, -0.1) is 0 Å². The Kier molecular flexibility index (Phi) is 35.0. The van der Waals surface area contributed by atoms with Crippen molar-refractivity contribution in [2.75, 3.05) is 13.2 Å². The molecule has 0 radical (unpaired) electrons. The molecule has 0 heterocycles. The van der Waals surface area contributed by atoms with E-state index in [1.54, 1.807) is 6.08 Å². The SMILES string of the molecule is CC/C=C\C/C=C\C/C=C\C/C=C\CCCCCCC(=O)OC[C@H](COP(=O)(O)OC1[C@H](O)[C@H](O)C(O)[C@H](O)[C@H]1O)OC(=O)CCCC(O)C(O)C/C=C\C/C=C\C/C=C\CCCCC. The molecule has 8 N–H and O–H groups in total. The van der Waals surface area contributed by atoms with Crippen molar-refractivity contribution in [3.05, 3.63) is 85.1 Å². The Labute approximate surface area is 387 Å². The lowest BCUT2D eigenvalue weighted by Crippen LogP contribution is -2.64. The molecular formula is C49H81O15P. The molecule has 1 rings (SSSR count). The van der Waals surface area contributed by atoms with E-state index in [1.807, 2.05) is 12.2 Å². The molecular weight excluding hydrogens is 859 g/mol. The van der Waals surface area contributed by atoms with E-state index >= 15 is 0 Å². The van der Waals surface area contributed by atoms with Gasteiger partial charge in [0.15, 0.2) is 6.10 Å². The summed E-state index contributed by atoms with van der Waals surface area (Å²) in [6.07, 6.45) is 27.8. The molecule has 0 aromatic rings. The van der Waals surface area contributed by atoms with Crippen molar-refractivity contribution in [3.8, 4) is 0 Å². The van der Waals surface area contributed by atoms with Gasteiger partial charge in [0.05, 0.1) is 18.8 Å². The average molecular weight is 941 g/mol. The van der Waals surface area contributed by atoms with Gasteiger partial charge in [-0.1, -0.05) is 125 Å². The number of carbonyl (C=O) groups is 2. The van der Waals surface area contributed by atoms with E-state index in [9.17, 15) is 54.8 Å². The van der Waals surface area contributed by atoms with Gasteiger partial charge in [0.2, 0.25) is 0 Å². The van der Waals surface area contributed by atoms with Gasteiger partial charge in [0, 0.05) is 12.8 Å². The van der Waals surface area contributed by atoms with Crippen LogP contribution in [-0.4, -0.2) is 121 Å². The fourth-order valence-corrected chi connectivity index (χ4v) is 7.47. The number of carbonyl (C=O) groups excluding carboxylic acids is 2. The Bertz CT molecular complexity index is 1490. The predicted octanol–water partition coefficient (Wildman–Crippen LogP) is 7.22. The number of hydrogen-bond donors (Lipinski definition) is 8. The molecule has 10 atom stereocenters. The van der Waals surface area contributed by atoms with Gasteiger partial charge in [-0.05, 0) is 89.9 Å². The number of hydrogen-bond acceptors (Lipinski definition) is 14. The van der Waals surface area contributed by atoms with Gasteiger partial charge in [-0.2, -0.15) is 0 Å². The van der Waals surface area contributed by atoms with Crippen molar-refractivity contribution in [1.29, 1.82) is 0 Å². The van der Waals surface area contributed by atoms with Gasteiger partial charge < -0.3 is 50.1 Å². The first-order valence-corrected chi connectivity index (χ1v) is 25.1. The molecule has 65 heavy (non-hydrogen) atoms. The molecule has 1 aliphatic carbocycles. The summed E-state index contributed by atoms with van der Waals surface area (Å²) in [7, 11) is -5.21. The second-order valence-corrected chi connectivity index (χ2v) is 17.6. The van der Waals surface area contributed by atoms with Crippen molar-refractivity contribution in [1.82, 2.24) is 0 Å². The van der Waals surface area contributed by atoms with Gasteiger partial charge in [-0.3, -0.25) is 18.6 Å². The Balaban J connectivity index is 2.59. The number of phosphoric ester groups is 1. The lowest BCUT2D eigenvalue weighted by Gasteiger charge is -2.41. The molecule has 16 heteroatoms. The molecule has 0 saturated heterocycles. The number of phosphoric acid groups is 1. The number of aliphatic hydroxyl groups is 7. The second-order valence-electron chi connectivity index (χ2n) is 16.2. The molecule has 15 nitrogen and oxygen atoms in total. The van der Waals surface area contributed by atoms with E-state index in [0.29, 0.717) is 12.8 Å². The predicted molar refractivity (Wildman–Crippen MR) is 251 cm³/mol. The van der Waals surface area contributed by atoms with E-state index in [-0.39, 0.29) is 32.1 Å².